The van der Waals surface area contributed by atoms with Crippen molar-refractivity contribution in [2.24, 2.45) is 5.73 Å². The van der Waals surface area contributed by atoms with Crippen LogP contribution < -0.4 is 22.3 Å². The summed E-state index contributed by atoms with van der Waals surface area (Å²) < 4.78 is 68.9. The number of piperidine rings is 1. The van der Waals surface area contributed by atoms with Crippen LogP contribution in [-0.4, -0.2) is 59.7 Å². The Balaban J connectivity index is 1.79. The minimum atomic E-state index is -4.91. The molecule has 0 aliphatic carbocycles. The second-order valence-corrected chi connectivity index (χ2v) is 13.5. The molecule has 2 atom stereocenters. The molecule has 234 valence electrons. The molecule has 1 aliphatic heterocycles. The Morgan fingerprint density at radius 2 is 1.91 bits per heavy atom. The first-order chi connectivity index (χ1) is 20.0. The maximum absolute atomic E-state index is 14.4. The van der Waals surface area contributed by atoms with E-state index in [1.807, 2.05) is 0 Å². The van der Waals surface area contributed by atoms with Gasteiger partial charge in [0.2, 0.25) is 5.91 Å². The van der Waals surface area contributed by atoms with Crippen molar-refractivity contribution in [2.45, 2.75) is 62.9 Å². The van der Waals surface area contributed by atoms with Gasteiger partial charge in [0.05, 0.1) is 44.7 Å². The first-order valence-corrected chi connectivity index (χ1v) is 15.8. The topological polar surface area (TPSA) is 147 Å². The Bertz CT molecular complexity index is 1790. The van der Waals surface area contributed by atoms with Crippen molar-refractivity contribution in [1.82, 2.24) is 19.8 Å². The number of alkyl halides is 3. The van der Waals surface area contributed by atoms with Crippen LogP contribution in [0.5, 0.6) is 0 Å². The number of aromatic nitrogens is 2. The first kappa shape index (κ1) is 33.0. The molecule has 43 heavy (non-hydrogen) atoms. The number of H-pyrrole nitrogens is 1. The number of likely N-dealkylation sites (tertiary alicyclic amines) is 1. The van der Waals surface area contributed by atoms with Gasteiger partial charge < -0.3 is 16.0 Å². The lowest BCUT2D eigenvalue weighted by molar-refractivity contribution is -0.138. The number of fused-ring (bicyclic) bond motifs is 1. The molecule has 1 aromatic heterocycles. The second kappa shape index (κ2) is 12.6. The smallest absolute Gasteiger partial charge is 0.351 e. The van der Waals surface area contributed by atoms with Gasteiger partial charge in [-0.2, -0.15) is 13.2 Å². The lowest BCUT2D eigenvalue weighted by Gasteiger charge is -2.34. The SMILES string of the molecule is CCS(=O)(=O)c1ccc(Cl)cc1Cn1c(=O)[nH]c2c(Cl)c(CN3CCCC(NC(=O)C(C)N)C3)c(C(F)(F)F)cc2c1=O. The van der Waals surface area contributed by atoms with Gasteiger partial charge in [-0.15, -0.1) is 0 Å². The standard InChI is InChI=1S/C27H30Cl2F3N5O5S/c1-3-43(41,42)21-7-6-16(28)9-15(21)11-37-25(39)18-10-20(27(30,31)32)19(22(29)23(18)35-26(37)40)13-36-8-4-5-17(12-36)34-24(38)14(2)33/h6-7,9-10,14,17H,3-5,8,11-13,33H2,1-2H3,(H,34,38)(H,35,40). The Morgan fingerprint density at radius 1 is 1.21 bits per heavy atom. The second-order valence-electron chi connectivity index (χ2n) is 10.5. The molecule has 0 spiro atoms. The highest BCUT2D eigenvalue weighted by Crippen LogP contribution is 2.39. The van der Waals surface area contributed by atoms with Crippen LogP contribution >= 0.6 is 23.2 Å². The summed E-state index contributed by atoms with van der Waals surface area (Å²) in [5, 5.41) is 1.99. The van der Waals surface area contributed by atoms with Crippen LogP contribution in [0.15, 0.2) is 38.8 Å². The van der Waals surface area contributed by atoms with E-state index < -0.39 is 55.8 Å². The van der Waals surface area contributed by atoms with Gasteiger partial charge in [0, 0.05) is 24.2 Å². The summed E-state index contributed by atoms with van der Waals surface area (Å²) in [6, 6.07) is 3.43. The monoisotopic (exact) mass is 663 g/mol. The molecule has 1 fully saturated rings. The normalized spacial score (nSPS) is 17.3. The fraction of sp³-hybridized carbons (Fsp3) is 0.444. The fourth-order valence-electron chi connectivity index (χ4n) is 5.12. The van der Waals surface area contributed by atoms with Gasteiger partial charge in [-0.1, -0.05) is 30.1 Å². The summed E-state index contributed by atoms with van der Waals surface area (Å²) in [5.41, 5.74) is 1.79. The predicted molar refractivity (Wildman–Crippen MR) is 157 cm³/mol. The van der Waals surface area contributed by atoms with Crippen LogP contribution in [-0.2, 0) is 33.9 Å². The molecule has 16 heteroatoms. The van der Waals surface area contributed by atoms with Crippen molar-refractivity contribution in [3.8, 4) is 0 Å². The molecule has 4 N–H and O–H groups in total. The summed E-state index contributed by atoms with van der Waals surface area (Å²) in [6.45, 7) is 2.78. The van der Waals surface area contributed by atoms with Crippen molar-refractivity contribution in [1.29, 1.82) is 0 Å². The molecule has 2 unspecified atom stereocenters. The molecule has 1 amide bonds. The number of benzene rings is 2. The van der Waals surface area contributed by atoms with Gasteiger partial charge in [-0.05, 0) is 61.7 Å². The first-order valence-electron chi connectivity index (χ1n) is 13.4. The molecule has 1 aliphatic rings. The van der Waals surface area contributed by atoms with E-state index in [4.69, 9.17) is 28.9 Å². The molecule has 1 saturated heterocycles. The largest absolute Gasteiger partial charge is 0.416 e. The van der Waals surface area contributed by atoms with Gasteiger partial charge in [-0.25, -0.2) is 13.2 Å². The molecule has 4 rings (SSSR count). The number of aromatic amines is 1. The minimum Gasteiger partial charge on any atom is -0.351 e. The van der Waals surface area contributed by atoms with Crippen LogP contribution in [0, 0.1) is 0 Å². The number of nitrogens with zero attached hydrogens (tertiary/aromatic N) is 2. The number of amides is 1. The van der Waals surface area contributed by atoms with Gasteiger partial charge in [0.1, 0.15) is 0 Å². The van der Waals surface area contributed by atoms with Crippen LogP contribution in [0.4, 0.5) is 13.2 Å². The van der Waals surface area contributed by atoms with Gasteiger partial charge >= 0.3 is 11.9 Å². The van der Waals surface area contributed by atoms with Crippen molar-refractivity contribution >= 4 is 49.8 Å². The van der Waals surface area contributed by atoms with Crippen LogP contribution in [0.3, 0.4) is 0 Å². The average molecular weight is 665 g/mol. The van der Waals surface area contributed by atoms with E-state index in [-0.39, 0.29) is 57.4 Å². The van der Waals surface area contributed by atoms with Crippen molar-refractivity contribution in [3.63, 3.8) is 0 Å². The molecule has 3 aromatic rings. The highest BCUT2D eigenvalue weighted by molar-refractivity contribution is 7.91. The molecule has 10 nitrogen and oxygen atoms in total. The number of halogens is 5. The van der Waals surface area contributed by atoms with Crippen LogP contribution in [0.25, 0.3) is 10.9 Å². The van der Waals surface area contributed by atoms with E-state index in [0.717, 1.165) is 0 Å². The number of hydrogen-bond donors (Lipinski definition) is 3. The number of carbonyl (C=O) groups is 1. The van der Waals surface area contributed by atoms with Crippen molar-refractivity contribution in [2.75, 3.05) is 18.8 Å². The maximum atomic E-state index is 14.4. The zero-order chi connectivity index (χ0) is 31.9. The number of hydrogen-bond acceptors (Lipinski definition) is 7. The number of rotatable bonds is 8. The van der Waals surface area contributed by atoms with E-state index in [0.29, 0.717) is 30.0 Å². The zero-order valence-corrected chi connectivity index (χ0v) is 25.6. The Morgan fingerprint density at radius 3 is 2.53 bits per heavy atom. The molecule has 0 radical (unpaired) electrons. The van der Waals surface area contributed by atoms with Crippen LogP contribution in [0.1, 0.15) is 43.4 Å². The van der Waals surface area contributed by atoms with Gasteiger partial charge in [0.15, 0.2) is 9.84 Å². The van der Waals surface area contributed by atoms with Crippen molar-refractivity contribution < 1.29 is 26.4 Å². The molecule has 2 heterocycles. The predicted octanol–water partition coefficient (Wildman–Crippen LogP) is 3.29. The molecular formula is C27H30Cl2F3N5O5S. The third-order valence-electron chi connectivity index (χ3n) is 7.34. The highest BCUT2D eigenvalue weighted by Gasteiger charge is 2.37. The third-order valence-corrected chi connectivity index (χ3v) is 9.82. The molecule has 2 aromatic carbocycles. The lowest BCUT2D eigenvalue weighted by Crippen LogP contribution is -2.51. The lowest BCUT2D eigenvalue weighted by atomic mass is 10.00. The van der Waals surface area contributed by atoms with E-state index >= 15 is 0 Å². The number of nitrogens with one attached hydrogen (secondary N) is 2. The van der Waals surface area contributed by atoms with Crippen LogP contribution in [0.2, 0.25) is 10.0 Å². The minimum absolute atomic E-state index is 0.0239. The molecular weight excluding hydrogens is 634 g/mol. The third kappa shape index (κ3) is 7.09. The average Bonchev–Trinajstić information content (AvgIpc) is 2.92. The summed E-state index contributed by atoms with van der Waals surface area (Å²) in [4.78, 5) is 42.6. The number of nitrogens with two attached hydrogens (primary N) is 1. The van der Waals surface area contributed by atoms with E-state index in [1.54, 1.807) is 4.90 Å². The van der Waals surface area contributed by atoms with Gasteiger partial charge in [0.25, 0.3) is 5.56 Å². The Hall–Kier alpha value is -2.91. The molecule has 0 saturated carbocycles. The maximum Gasteiger partial charge on any atom is 0.416 e. The van der Waals surface area contributed by atoms with E-state index in [1.165, 1.54) is 32.0 Å². The Labute approximate surface area is 254 Å². The Kier molecular flexibility index (Phi) is 9.67. The summed E-state index contributed by atoms with van der Waals surface area (Å²) in [5.74, 6) is -0.647. The molecule has 0 bridgehead atoms. The fourth-order valence-corrected chi connectivity index (χ4v) is 6.73. The number of sulfone groups is 1. The quantitative estimate of drug-likeness (QED) is 0.335. The highest BCUT2D eigenvalue weighted by atomic mass is 35.5. The van der Waals surface area contributed by atoms with E-state index in [9.17, 15) is 36.0 Å². The number of carbonyl (C=O) groups excluding carboxylic acids is 1. The summed E-state index contributed by atoms with van der Waals surface area (Å²) in [6.07, 6.45) is -3.70. The summed E-state index contributed by atoms with van der Waals surface area (Å²) >= 11 is 12.5. The summed E-state index contributed by atoms with van der Waals surface area (Å²) in [7, 11) is -3.79. The van der Waals surface area contributed by atoms with Crippen molar-refractivity contribution in [3.05, 3.63) is 71.8 Å². The van der Waals surface area contributed by atoms with Gasteiger partial charge in [-0.3, -0.25) is 19.1 Å². The zero-order valence-electron chi connectivity index (χ0n) is 23.2. The van der Waals surface area contributed by atoms with E-state index in [2.05, 4.69) is 10.3 Å².